The van der Waals surface area contributed by atoms with Crippen LogP contribution < -0.4 is 0 Å². The van der Waals surface area contributed by atoms with Crippen LogP contribution in [0.15, 0.2) is 12.4 Å². The lowest BCUT2D eigenvalue weighted by atomic mass is 10.3. The Morgan fingerprint density at radius 3 is 3.00 bits per heavy atom. The van der Waals surface area contributed by atoms with Gasteiger partial charge in [0.2, 0.25) is 0 Å². The van der Waals surface area contributed by atoms with E-state index in [2.05, 4.69) is 9.97 Å². The molecule has 1 heterocycles. The van der Waals surface area contributed by atoms with Crippen LogP contribution in [0.1, 0.15) is 23.1 Å². The van der Waals surface area contributed by atoms with Crippen molar-refractivity contribution in [3.63, 3.8) is 0 Å². The van der Waals surface area contributed by atoms with Crippen LogP contribution in [0.25, 0.3) is 0 Å². The van der Waals surface area contributed by atoms with Gasteiger partial charge in [0.15, 0.2) is 6.29 Å². The zero-order chi connectivity index (χ0) is 7.40. The number of nitrogens with zero attached hydrogens (tertiary/aromatic N) is 2. The molecule has 0 spiro atoms. The van der Waals surface area contributed by atoms with E-state index in [1.807, 2.05) is 6.92 Å². The number of hydrogen-bond acceptors (Lipinski definition) is 3. The van der Waals surface area contributed by atoms with E-state index >= 15 is 0 Å². The van der Waals surface area contributed by atoms with Gasteiger partial charge in [-0.1, -0.05) is 6.92 Å². The highest BCUT2D eigenvalue weighted by molar-refractivity contribution is 5.71. The Morgan fingerprint density at radius 2 is 2.40 bits per heavy atom. The lowest BCUT2D eigenvalue weighted by Crippen LogP contribution is -1.92. The van der Waals surface area contributed by atoms with Crippen molar-refractivity contribution in [1.29, 1.82) is 0 Å². The number of aryl methyl sites for hydroxylation is 1. The van der Waals surface area contributed by atoms with E-state index in [-0.39, 0.29) is 0 Å². The molecule has 1 aromatic heterocycles. The van der Waals surface area contributed by atoms with Gasteiger partial charge in [-0.2, -0.15) is 0 Å². The van der Waals surface area contributed by atoms with Crippen molar-refractivity contribution >= 4 is 6.29 Å². The first-order valence-corrected chi connectivity index (χ1v) is 3.13. The fraction of sp³-hybridized carbons (Fsp3) is 0.286. The highest BCUT2D eigenvalue weighted by atomic mass is 16.1. The SMILES string of the molecule is CCc1cc(C=O)ncn1. The number of carbonyl (C=O) groups excluding carboxylic acids is 1. The number of carbonyl (C=O) groups is 1. The van der Waals surface area contributed by atoms with Crippen molar-refractivity contribution in [3.8, 4) is 0 Å². The third-order valence-corrected chi connectivity index (χ3v) is 1.23. The number of rotatable bonds is 2. The summed E-state index contributed by atoms with van der Waals surface area (Å²) in [4.78, 5) is 17.8. The minimum Gasteiger partial charge on any atom is -0.296 e. The van der Waals surface area contributed by atoms with E-state index in [9.17, 15) is 4.79 Å². The van der Waals surface area contributed by atoms with Crippen molar-refractivity contribution in [1.82, 2.24) is 9.97 Å². The van der Waals surface area contributed by atoms with Gasteiger partial charge in [-0.05, 0) is 12.5 Å². The quantitative estimate of drug-likeness (QED) is 0.566. The highest BCUT2D eigenvalue weighted by Gasteiger charge is 1.92. The zero-order valence-electron chi connectivity index (χ0n) is 5.74. The average Bonchev–Trinajstić information content (AvgIpc) is 2.05. The van der Waals surface area contributed by atoms with E-state index in [1.165, 1.54) is 6.33 Å². The molecule has 10 heavy (non-hydrogen) atoms. The standard InChI is InChI=1S/C7H8N2O/c1-2-6-3-7(4-10)9-5-8-6/h3-5H,2H2,1H3. The fourth-order valence-electron chi connectivity index (χ4n) is 0.673. The van der Waals surface area contributed by atoms with E-state index in [4.69, 9.17) is 0 Å². The molecular formula is C7H8N2O. The predicted octanol–water partition coefficient (Wildman–Crippen LogP) is 0.851. The monoisotopic (exact) mass is 136 g/mol. The summed E-state index contributed by atoms with van der Waals surface area (Å²) < 4.78 is 0. The minimum atomic E-state index is 0.451. The van der Waals surface area contributed by atoms with Gasteiger partial charge >= 0.3 is 0 Å². The zero-order valence-corrected chi connectivity index (χ0v) is 5.74. The lowest BCUT2D eigenvalue weighted by molar-refractivity contribution is 0.111. The Morgan fingerprint density at radius 1 is 1.60 bits per heavy atom. The number of aldehydes is 1. The van der Waals surface area contributed by atoms with E-state index in [0.29, 0.717) is 5.69 Å². The van der Waals surface area contributed by atoms with Crippen molar-refractivity contribution in [2.75, 3.05) is 0 Å². The van der Waals surface area contributed by atoms with E-state index < -0.39 is 0 Å². The third-order valence-electron chi connectivity index (χ3n) is 1.23. The summed E-state index contributed by atoms with van der Waals surface area (Å²) in [5.41, 5.74) is 1.35. The molecule has 1 rings (SSSR count). The third kappa shape index (κ3) is 1.37. The molecule has 0 fully saturated rings. The number of aromatic nitrogens is 2. The van der Waals surface area contributed by atoms with Crippen LogP contribution >= 0.6 is 0 Å². The van der Waals surface area contributed by atoms with Crippen molar-refractivity contribution < 1.29 is 4.79 Å². The molecule has 0 radical (unpaired) electrons. The molecule has 52 valence electrons. The topological polar surface area (TPSA) is 42.9 Å². The summed E-state index contributed by atoms with van der Waals surface area (Å²) in [5.74, 6) is 0. The maximum absolute atomic E-state index is 10.2. The molecule has 0 bridgehead atoms. The van der Waals surface area contributed by atoms with Crippen molar-refractivity contribution in [3.05, 3.63) is 23.8 Å². The molecule has 0 saturated carbocycles. The van der Waals surface area contributed by atoms with Gasteiger partial charge in [-0.15, -0.1) is 0 Å². The van der Waals surface area contributed by atoms with Gasteiger partial charge in [0.25, 0.3) is 0 Å². The first-order valence-electron chi connectivity index (χ1n) is 3.13. The lowest BCUT2D eigenvalue weighted by Gasteiger charge is -1.92. The Kier molecular flexibility index (Phi) is 2.10. The summed E-state index contributed by atoms with van der Waals surface area (Å²) in [6, 6.07) is 1.69. The molecule has 1 aromatic rings. The van der Waals surface area contributed by atoms with Gasteiger partial charge in [0.1, 0.15) is 12.0 Å². The Bertz CT molecular complexity index is 235. The summed E-state index contributed by atoms with van der Waals surface area (Å²) in [7, 11) is 0. The van der Waals surface area contributed by atoms with Crippen LogP contribution in [0.3, 0.4) is 0 Å². The molecule has 0 aliphatic carbocycles. The molecule has 0 atom stereocenters. The second kappa shape index (κ2) is 3.06. The van der Waals surface area contributed by atoms with Crippen LogP contribution in [0, 0.1) is 0 Å². The summed E-state index contributed by atoms with van der Waals surface area (Å²) >= 11 is 0. The van der Waals surface area contributed by atoms with Gasteiger partial charge < -0.3 is 0 Å². The van der Waals surface area contributed by atoms with Crippen LogP contribution in [0.4, 0.5) is 0 Å². The molecular weight excluding hydrogens is 128 g/mol. The molecule has 0 unspecified atom stereocenters. The molecule has 0 aliphatic heterocycles. The molecule has 3 nitrogen and oxygen atoms in total. The minimum absolute atomic E-state index is 0.451. The normalized spacial score (nSPS) is 9.30. The van der Waals surface area contributed by atoms with Crippen molar-refractivity contribution in [2.24, 2.45) is 0 Å². The molecule has 0 aliphatic rings. The summed E-state index contributed by atoms with van der Waals surface area (Å²) in [6.45, 7) is 1.98. The molecule has 0 aromatic carbocycles. The second-order valence-electron chi connectivity index (χ2n) is 1.91. The molecule has 0 amide bonds. The summed E-state index contributed by atoms with van der Waals surface area (Å²) in [6.07, 6.45) is 2.97. The smallest absolute Gasteiger partial charge is 0.168 e. The van der Waals surface area contributed by atoms with Crippen LogP contribution in [-0.4, -0.2) is 16.3 Å². The van der Waals surface area contributed by atoms with Crippen LogP contribution in [-0.2, 0) is 6.42 Å². The average molecular weight is 136 g/mol. The van der Waals surface area contributed by atoms with Gasteiger partial charge in [0.05, 0.1) is 0 Å². The van der Waals surface area contributed by atoms with Crippen molar-refractivity contribution in [2.45, 2.75) is 13.3 Å². The highest BCUT2D eigenvalue weighted by Crippen LogP contribution is 1.94. The van der Waals surface area contributed by atoms with Gasteiger partial charge in [-0.25, -0.2) is 9.97 Å². The van der Waals surface area contributed by atoms with Gasteiger partial charge in [0, 0.05) is 5.69 Å². The summed E-state index contributed by atoms with van der Waals surface area (Å²) in [5, 5.41) is 0. The van der Waals surface area contributed by atoms with Crippen LogP contribution in [0.5, 0.6) is 0 Å². The predicted molar refractivity (Wildman–Crippen MR) is 36.8 cm³/mol. The largest absolute Gasteiger partial charge is 0.296 e. The Hall–Kier alpha value is -1.25. The van der Waals surface area contributed by atoms with E-state index in [0.717, 1.165) is 18.4 Å². The Balaban J connectivity index is 2.98. The van der Waals surface area contributed by atoms with Gasteiger partial charge in [-0.3, -0.25) is 4.79 Å². The fourth-order valence-corrected chi connectivity index (χ4v) is 0.673. The first kappa shape index (κ1) is 6.86. The molecule has 3 heteroatoms. The van der Waals surface area contributed by atoms with E-state index in [1.54, 1.807) is 6.07 Å². The maximum Gasteiger partial charge on any atom is 0.168 e. The number of hydrogen-bond donors (Lipinski definition) is 0. The Labute approximate surface area is 59.1 Å². The second-order valence-corrected chi connectivity index (χ2v) is 1.91. The molecule has 0 saturated heterocycles. The first-order chi connectivity index (χ1) is 4.86. The maximum atomic E-state index is 10.2. The van der Waals surface area contributed by atoms with Crippen LogP contribution in [0.2, 0.25) is 0 Å². The molecule has 0 N–H and O–H groups in total.